The first-order valence-electron chi connectivity index (χ1n) is 5.03. The van der Waals surface area contributed by atoms with Crippen LogP contribution in [0.2, 0.25) is 0 Å². The topological polar surface area (TPSA) is 100 Å². The largest absolute Gasteiger partial charge is 0.366 e. The number of aromatic amines is 2. The molecule has 0 fully saturated rings. The van der Waals surface area contributed by atoms with Gasteiger partial charge in [-0.2, -0.15) is 5.10 Å². The highest BCUT2D eigenvalue weighted by atomic mass is 16.1. The van der Waals surface area contributed by atoms with Crippen molar-refractivity contribution >= 4 is 16.9 Å². The molecule has 84 valence electrons. The minimum Gasteiger partial charge on any atom is -0.366 e. The van der Waals surface area contributed by atoms with Crippen LogP contribution in [0.1, 0.15) is 10.4 Å². The number of rotatable bonds is 2. The number of fused-ring (bicyclic) bond motifs is 1. The number of para-hydroxylation sites is 1. The second kappa shape index (κ2) is 3.44. The lowest BCUT2D eigenvalue weighted by Gasteiger charge is -1.94. The molecule has 6 nitrogen and oxygen atoms in total. The lowest BCUT2D eigenvalue weighted by atomic mass is 10.2. The number of imidazole rings is 1. The van der Waals surface area contributed by atoms with Crippen LogP contribution in [0.5, 0.6) is 0 Å². The summed E-state index contributed by atoms with van der Waals surface area (Å²) in [6, 6.07) is 5.27. The minimum absolute atomic E-state index is 0.411. The smallest absolute Gasteiger partial charge is 0.250 e. The number of nitrogens with two attached hydrogens (primary N) is 1. The summed E-state index contributed by atoms with van der Waals surface area (Å²) in [5.74, 6) is 0.170. The van der Waals surface area contributed by atoms with E-state index in [1.807, 2.05) is 6.07 Å². The highest BCUT2D eigenvalue weighted by Crippen LogP contribution is 2.21. The van der Waals surface area contributed by atoms with Gasteiger partial charge in [-0.25, -0.2) is 4.98 Å². The van der Waals surface area contributed by atoms with E-state index in [0.717, 1.165) is 11.1 Å². The van der Waals surface area contributed by atoms with Gasteiger partial charge in [0.15, 0.2) is 0 Å². The lowest BCUT2D eigenvalue weighted by Crippen LogP contribution is -2.11. The molecule has 3 rings (SSSR count). The molecule has 4 N–H and O–H groups in total. The van der Waals surface area contributed by atoms with Crippen molar-refractivity contribution in [3.63, 3.8) is 0 Å². The molecule has 3 aromatic rings. The van der Waals surface area contributed by atoms with E-state index in [4.69, 9.17) is 5.73 Å². The third kappa shape index (κ3) is 1.46. The van der Waals surface area contributed by atoms with Gasteiger partial charge < -0.3 is 10.7 Å². The van der Waals surface area contributed by atoms with Crippen LogP contribution in [0.15, 0.2) is 30.6 Å². The van der Waals surface area contributed by atoms with Gasteiger partial charge in [0, 0.05) is 6.20 Å². The molecular weight excluding hydrogens is 218 g/mol. The molecule has 1 aromatic carbocycles. The maximum absolute atomic E-state index is 11.3. The predicted octanol–water partition coefficient (Wildman–Crippen LogP) is 1.05. The Balaban J connectivity index is 2.26. The molecular formula is C11H9N5O. The Kier molecular flexibility index (Phi) is 1.94. The van der Waals surface area contributed by atoms with Crippen molar-refractivity contribution in [2.24, 2.45) is 5.73 Å². The average Bonchev–Trinajstić information content (AvgIpc) is 2.96. The molecule has 0 aliphatic rings. The van der Waals surface area contributed by atoms with E-state index in [1.54, 1.807) is 24.5 Å². The van der Waals surface area contributed by atoms with Crippen molar-refractivity contribution in [3.8, 4) is 11.4 Å². The SMILES string of the molecule is NC(=O)c1cccc2[nH]c(-c3cn[nH]c3)nc12. The van der Waals surface area contributed by atoms with E-state index in [2.05, 4.69) is 20.2 Å². The van der Waals surface area contributed by atoms with Gasteiger partial charge >= 0.3 is 0 Å². The van der Waals surface area contributed by atoms with Gasteiger partial charge in [-0.1, -0.05) is 6.07 Å². The molecule has 1 amide bonds. The fourth-order valence-corrected chi connectivity index (χ4v) is 1.75. The molecule has 2 aromatic heterocycles. The number of carbonyl (C=O) groups is 1. The van der Waals surface area contributed by atoms with E-state index in [-0.39, 0.29) is 0 Å². The van der Waals surface area contributed by atoms with Gasteiger partial charge in [-0.05, 0) is 12.1 Å². The summed E-state index contributed by atoms with van der Waals surface area (Å²) >= 11 is 0. The zero-order chi connectivity index (χ0) is 11.8. The number of nitrogens with one attached hydrogen (secondary N) is 2. The molecule has 0 saturated carbocycles. The molecule has 0 aliphatic heterocycles. The summed E-state index contributed by atoms with van der Waals surface area (Å²) in [6.45, 7) is 0. The van der Waals surface area contributed by atoms with Crippen LogP contribution < -0.4 is 5.73 Å². The van der Waals surface area contributed by atoms with Gasteiger partial charge in [-0.15, -0.1) is 0 Å². The van der Waals surface area contributed by atoms with Crippen molar-refractivity contribution < 1.29 is 4.79 Å². The Labute approximate surface area is 95.9 Å². The Hall–Kier alpha value is -2.63. The molecule has 0 radical (unpaired) electrons. The molecule has 0 aliphatic carbocycles. The number of hydrogen-bond acceptors (Lipinski definition) is 3. The molecule has 2 heterocycles. The van der Waals surface area contributed by atoms with Gasteiger partial charge in [0.2, 0.25) is 0 Å². The molecule has 6 heteroatoms. The number of hydrogen-bond donors (Lipinski definition) is 3. The molecule has 0 spiro atoms. The fourth-order valence-electron chi connectivity index (χ4n) is 1.75. The monoisotopic (exact) mass is 227 g/mol. The van der Waals surface area contributed by atoms with E-state index >= 15 is 0 Å². The third-order valence-electron chi connectivity index (χ3n) is 2.55. The first-order valence-corrected chi connectivity index (χ1v) is 5.03. The second-order valence-corrected chi connectivity index (χ2v) is 3.64. The molecule has 0 saturated heterocycles. The highest BCUT2D eigenvalue weighted by Gasteiger charge is 2.12. The summed E-state index contributed by atoms with van der Waals surface area (Å²) in [4.78, 5) is 18.7. The van der Waals surface area contributed by atoms with Crippen LogP contribution in [0.25, 0.3) is 22.4 Å². The van der Waals surface area contributed by atoms with Crippen LogP contribution in [0, 0.1) is 0 Å². The number of nitrogens with zero attached hydrogens (tertiary/aromatic N) is 2. The van der Waals surface area contributed by atoms with Crippen LogP contribution in [0.4, 0.5) is 0 Å². The van der Waals surface area contributed by atoms with Crippen molar-refractivity contribution in [3.05, 3.63) is 36.2 Å². The van der Waals surface area contributed by atoms with E-state index < -0.39 is 5.91 Å². The summed E-state index contributed by atoms with van der Waals surface area (Å²) in [5, 5.41) is 6.56. The van der Waals surface area contributed by atoms with Gasteiger partial charge in [0.05, 0.1) is 22.8 Å². The second-order valence-electron chi connectivity index (χ2n) is 3.64. The van der Waals surface area contributed by atoms with Gasteiger partial charge in [0.1, 0.15) is 11.3 Å². The summed E-state index contributed by atoms with van der Waals surface area (Å²) < 4.78 is 0. The van der Waals surface area contributed by atoms with E-state index in [9.17, 15) is 4.79 Å². The van der Waals surface area contributed by atoms with Crippen LogP contribution >= 0.6 is 0 Å². The highest BCUT2D eigenvalue weighted by molar-refractivity contribution is 6.04. The quantitative estimate of drug-likeness (QED) is 0.610. The number of H-pyrrole nitrogens is 2. The normalized spacial score (nSPS) is 10.8. The Morgan fingerprint density at radius 3 is 2.94 bits per heavy atom. The van der Waals surface area contributed by atoms with Gasteiger partial charge in [-0.3, -0.25) is 9.89 Å². The molecule has 17 heavy (non-hydrogen) atoms. The van der Waals surface area contributed by atoms with Crippen molar-refractivity contribution in [1.29, 1.82) is 0 Å². The zero-order valence-corrected chi connectivity index (χ0v) is 8.77. The first kappa shape index (κ1) is 9.59. The number of aromatic nitrogens is 4. The standard InChI is InChI=1S/C11H9N5O/c12-10(17)7-2-1-3-8-9(7)16-11(15-8)6-4-13-14-5-6/h1-5H,(H2,12,17)(H,13,14)(H,15,16). The fraction of sp³-hybridized carbons (Fsp3) is 0. The number of carbonyl (C=O) groups excluding carboxylic acids is 1. The molecule has 0 atom stereocenters. The van der Waals surface area contributed by atoms with Crippen LogP contribution in [0.3, 0.4) is 0 Å². The minimum atomic E-state index is -0.485. The average molecular weight is 227 g/mol. The van der Waals surface area contributed by atoms with Crippen LogP contribution in [-0.2, 0) is 0 Å². The van der Waals surface area contributed by atoms with Crippen molar-refractivity contribution in [2.75, 3.05) is 0 Å². The third-order valence-corrected chi connectivity index (χ3v) is 2.55. The maximum Gasteiger partial charge on any atom is 0.250 e. The number of primary amides is 1. The maximum atomic E-state index is 11.3. The Morgan fingerprint density at radius 2 is 2.24 bits per heavy atom. The van der Waals surface area contributed by atoms with Crippen molar-refractivity contribution in [2.45, 2.75) is 0 Å². The zero-order valence-electron chi connectivity index (χ0n) is 8.77. The number of amides is 1. The van der Waals surface area contributed by atoms with E-state index in [0.29, 0.717) is 16.9 Å². The molecule has 0 unspecified atom stereocenters. The lowest BCUT2D eigenvalue weighted by molar-refractivity contribution is 0.100. The predicted molar refractivity (Wildman–Crippen MR) is 62.2 cm³/mol. The van der Waals surface area contributed by atoms with Crippen LogP contribution in [-0.4, -0.2) is 26.1 Å². The first-order chi connectivity index (χ1) is 8.25. The van der Waals surface area contributed by atoms with Gasteiger partial charge in [0.25, 0.3) is 5.91 Å². The Bertz CT molecular complexity index is 683. The summed E-state index contributed by atoms with van der Waals surface area (Å²) in [7, 11) is 0. The Morgan fingerprint density at radius 1 is 1.35 bits per heavy atom. The number of benzene rings is 1. The van der Waals surface area contributed by atoms with E-state index in [1.165, 1.54) is 0 Å². The summed E-state index contributed by atoms with van der Waals surface area (Å²) in [6.07, 6.45) is 3.38. The summed E-state index contributed by atoms with van der Waals surface area (Å²) in [5.41, 5.74) is 7.89. The molecule has 0 bridgehead atoms. The van der Waals surface area contributed by atoms with Crippen molar-refractivity contribution in [1.82, 2.24) is 20.2 Å².